The second-order valence-corrected chi connectivity index (χ2v) is 9.77. The van der Waals surface area contributed by atoms with Gasteiger partial charge in [-0.25, -0.2) is 12.7 Å². The number of halogens is 4. The highest BCUT2D eigenvalue weighted by atomic mass is 35.5. The quantitative estimate of drug-likeness (QED) is 0.690. The summed E-state index contributed by atoms with van der Waals surface area (Å²) in [4.78, 5) is 14.6. The molecule has 0 aliphatic carbocycles. The highest BCUT2D eigenvalue weighted by Gasteiger charge is 2.32. The minimum absolute atomic E-state index is 0.0416. The zero-order valence-corrected chi connectivity index (χ0v) is 18.8. The topological polar surface area (TPSA) is 79.0 Å². The third-order valence-corrected chi connectivity index (χ3v) is 7.03. The van der Waals surface area contributed by atoms with Crippen molar-refractivity contribution in [3.05, 3.63) is 52.5 Å². The van der Waals surface area contributed by atoms with Gasteiger partial charge in [-0.3, -0.25) is 4.79 Å². The monoisotopic (exact) mass is 491 g/mol. The van der Waals surface area contributed by atoms with Gasteiger partial charge in [0.1, 0.15) is 0 Å². The minimum atomic E-state index is -4.61. The fraction of sp³-hybridized carbons (Fsp3) is 0.350. The number of alkyl halides is 3. The molecule has 0 radical (unpaired) electrons. The Morgan fingerprint density at radius 3 is 2.38 bits per heavy atom. The molecule has 1 heterocycles. The Labute approximate surface area is 188 Å². The van der Waals surface area contributed by atoms with Crippen molar-refractivity contribution in [3.8, 4) is 0 Å². The fourth-order valence-electron chi connectivity index (χ4n) is 3.13. The van der Waals surface area contributed by atoms with Crippen LogP contribution in [-0.4, -0.2) is 59.0 Å². The molecular formula is C20H21ClF3N3O4S. The van der Waals surface area contributed by atoms with E-state index < -0.39 is 27.7 Å². The Morgan fingerprint density at radius 1 is 1.12 bits per heavy atom. The second kappa shape index (κ2) is 9.26. The fourth-order valence-corrected chi connectivity index (χ4v) is 4.26. The molecule has 1 N–H and O–H groups in total. The maximum atomic E-state index is 13.3. The molecule has 1 amide bonds. The van der Waals surface area contributed by atoms with Crippen LogP contribution in [0.15, 0.2) is 41.3 Å². The maximum Gasteiger partial charge on any atom is 0.416 e. The van der Waals surface area contributed by atoms with Crippen LogP contribution in [0.1, 0.15) is 15.9 Å². The number of carbonyl (C=O) groups is 1. The van der Waals surface area contributed by atoms with Crippen LogP contribution in [0.2, 0.25) is 5.02 Å². The van der Waals surface area contributed by atoms with E-state index in [-0.39, 0.29) is 21.2 Å². The molecule has 1 aliphatic rings. The summed E-state index contributed by atoms with van der Waals surface area (Å²) >= 11 is 6.10. The van der Waals surface area contributed by atoms with Crippen LogP contribution < -0.4 is 10.2 Å². The lowest BCUT2D eigenvalue weighted by Gasteiger charge is -2.31. The summed E-state index contributed by atoms with van der Waals surface area (Å²) in [6.45, 7) is 1.66. The number of nitrogens with one attached hydrogen (secondary N) is 1. The lowest BCUT2D eigenvalue weighted by atomic mass is 10.1. The number of morpholine rings is 1. The van der Waals surface area contributed by atoms with Gasteiger partial charge in [0.2, 0.25) is 10.0 Å². The van der Waals surface area contributed by atoms with Gasteiger partial charge in [-0.05, 0) is 36.4 Å². The van der Waals surface area contributed by atoms with Crippen LogP contribution in [0.5, 0.6) is 0 Å². The smallest absolute Gasteiger partial charge is 0.378 e. The number of anilines is 2. The number of hydrogen-bond acceptors (Lipinski definition) is 5. The molecule has 0 spiro atoms. The molecule has 0 atom stereocenters. The Hall–Kier alpha value is -2.34. The van der Waals surface area contributed by atoms with Crippen LogP contribution in [0.4, 0.5) is 24.5 Å². The molecule has 0 bridgehead atoms. The molecule has 1 aliphatic heterocycles. The molecule has 12 heteroatoms. The van der Waals surface area contributed by atoms with E-state index >= 15 is 0 Å². The van der Waals surface area contributed by atoms with Gasteiger partial charge in [0.25, 0.3) is 5.91 Å². The number of amides is 1. The number of ether oxygens (including phenoxy) is 1. The van der Waals surface area contributed by atoms with E-state index in [1.54, 1.807) is 4.90 Å². The first-order valence-corrected chi connectivity index (χ1v) is 11.3. The molecule has 174 valence electrons. The van der Waals surface area contributed by atoms with Crippen molar-refractivity contribution in [2.75, 3.05) is 50.6 Å². The first kappa shape index (κ1) is 24.3. The third-order valence-electron chi connectivity index (χ3n) is 4.88. The van der Waals surface area contributed by atoms with E-state index in [0.717, 1.165) is 22.5 Å². The average molecular weight is 492 g/mol. The molecule has 0 unspecified atom stereocenters. The summed E-state index contributed by atoms with van der Waals surface area (Å²) in [5.74, 6) is -0.834. The predicted octanol–water partition coefficient (Wildman–Crippen LogP) is 3.70. The van der Waals surface area contributed by atoms with Crippen molar-refractivity contribution in [3.63, 3.8) is 0 Å². The number of rotatable bonds is 5. The standard InChI is InChI=1S/C20H21ClF3N3O4S/c1-26(2)32(29,30)14-4-5-16(21)15(12-14)19(28)25-17-11-13(20(22,23)24)3-6-18(17)27-7-9-31-10-8-27/h3-6,11-12H,7-10H2,1-2H3,(H,25,28). The molecule has 1 saturated heterocycles. The van der Waals surface area contributed by atoms with Crippen molar-refractivity contribution >= 4 is 38.9 Å². The van der Waals surface area contributed by atoms with E-state index in [4.69, 9.17) is 16.3 Å². The van der Waals surface area contributed by atoms with Crippen molar-refractivity contribution in [2.45, 2.75) is 11.1 Å². The number of hydrogen-bond donors (Lipinski definition) is 1. The summed E-state index contributed by atoms with van der Waals surface area (Å²) in [5, 5.41) is 2.43. The van der Waals surface area contributed by atoms with Gasteiger partial charge < -0.3 is 15.0 Å². The van der Waals surface area contributed by atoms with E-state index in [0.29, 0.717) is 32.0 Å². The highest BCUT2D eigenvalue weighted by Crippen LogP contribution is 2.36. The summed E-state index contributed by atoms with van der Waals surface area (Å²) in [6.07, 6.45) is -4.61. The normalized spacial score (nSPS) is 15.2. The first-order valence-electron chi connectivity index (χ1n) is 9.48. The summed E-state index contributed by atoms with van der Waals surface area (Å²) in [6, 6.07) is 6.67. The van der Waals surface area contributed by atoms with E-state index in [2.05, 4.69) is 5.32 Å². The Morgan fingerprint density at radius 2 is 1.78 bits per heavy atom. The minimum Gasteiger partial charge on any atom is -0.378 e. The summed E-state index contributed by atoms with van der Waals surface area (Å²) in [5.41, 5.74) is -0.786. The zero-order chi connectivity index (χ0) is 23.7. The van der Waals surface area contributed by atoms with Crippen molar-refractivity contribution < 1.29 is 31.1 Å². The molecule has 0 saturated carbocycles. The van der Waals surface area contributed by atoms with Gasteiger partial charge in [-0.15, -0.1) is 0 Å². The summed E-state index contributed by atoms with van der Waals surface area (Å²) in [7, 11) is -1.18. The molecule has 1 fully saturated rings. The SMILES string of the molecule is CN(C)S(=O)(=O)c1ccc(Cl)c(C(=O)Nc2cc(C(F)(F)F)ccc2N2CCOCC2)c1. The highest BCUT2D eigenvalue weighted by molar-refractivity contribution is 7.89. The van der Waals surface area contributed by atoms with Gasteiger partial charge in [0.05, 0.1) is 45.6 Å². The summed E-state index contributed by atoms with van der Waals surface area (Å²) < 4.78 is 70.9. The van der Waals surface area contributed by atoms with Crippen LogP contribution in [0, 0.1) is 0 Å². The van der Waals surface area contributed by atoms with E-state index in [1.807, 2.05) is 0 Å². The third kappa shape index (κ3) is 5.17. The number of carbonyl (C=O) groups excluding carboxylic acids is 1. The Balaban J connectivity index is 2.01. The van der Waals surface area contributed by atoms with Crippen LogP contribution in [0.25, 0.3) is 0 Å². The molecule has 7 nitrogen and oxygen atoms in total. The first-order chi connectivity index (χ1) is 14.9. The van der Waals surface area contributed by atoms with E-state index in [9.17, 15) is 26.4 Å². The largest absolute Gasteiger partial charge is 0.416 e. The zero-order valence-electron chi connectivity index (χ0n) is 17.2. The van der Waals surface area contributed by atoms with Crippen molar-refractivity contribution in [1.82, 2.24) is 4.31 Å². The van der Waals surface area contributed by atoms with Gasteiger partial charge >= 0.3 is 6.18 Å². The van der Waals surface area contributed by atoms with Crippen molar-refractivity contribution in [1.29, 1.82) is 0 Å². The Kier molecular flexibility index (Phi) is 7.03. The van der Waals surface area contributed by atoms with Gasteiger partial charge in [0, 0.05) is 27.2 Å². The van der Waals surface area contributed by atoms with Gasteiger partial charge in [-0.2, -0.15) is 13.2 Å². The lowest BCUT2D eigenvalue weighted by molar-refractivity contribution is -0.137. The maximum absolute atomic E-state index is 13.3. The van der Waals surface area contributed by atoms with E-state index in [1.165, 1.54) is 32.3 Å². The number of sulfonamides is 1. The number of nitrogens with zero attached hydrogens (tertiary/aromatic N) is 2. The van der Waals surface area contributed by atoms with Gasteiger partial charge in [0.15, 0.2) is 0 Å². The lowest BCUT2D eigenvalue weighted by Crippen LogP contribution is -2.36. The molecule has 2 aromatic carbocycles. The molecule has 3 rings (SSSR count). The van der Waals surface area contributed by atoms with Crippen LogP contribution >= 0.6 is 11.6 Å². The predicted molar refractivity (Wildman–Crippen MR) is 115 cm³/mol. The number of benzene rings is 2. The molecule has 0 aromatic heterocycles. The average Bonchev–Trinajstić information content (AvgIpc) is 2.73. The molecule has 2 aromatic rings. The van der Waals surface area contributed by atoms with Crippen molar-refractivity contribution in [2.24, 2.45) is 0 Å². The van der Waals surface area contributed by atoms with Crippen LogP contribution in [-0.2, 0) is 20.9 Å². The second-order valence-electron chi connectivity index (χ2n) is 7.21. The van der Waals surface area contributed by atoms with Gasteiger partial charge in [-0.1, -0.05) is 11.6 Å². The van der Waals surface area contributed by atoms with Crippen LogP contribution in [0.3, 0.4) is 0 Å². The molecule has 32 heavy (non-hydrogen) atoms. The molecular weight excluding hydrogens is 471 g/mol. The Bertz CT molecular complexity index is 1120.